The van der Waals surface area contributed by atoms with Gasteiger partial charge in [-0.05, 0) is 12.1 Å². The van der Waals surface area contributed by atoms with Crippen LogP contribution in [0, 0.1) is 5.82 Å². The quantitative estimate of drug-likeness (QED) is 0.469. The zero-order chi connectivity index (χ0) is 13.5. The lowest BCUT2D eigenvalue weighted by molar-refractivity contribution is -0.135. The van der Waals surface area contributed by atoms with E-state index in [1.807, 2.05) is 0 Å². The summed E-state index contributed by atoms with van der Waals surface area (Å²) in [4.78, 5) is 20.6. The van der Waals surface area contributed by atoms with Crippen molar-refractivity contribution in [2.75, 3.05) is 7.11 Å². The fourth-order valence-electron chi connectivity index (χ4n) is 1.05. The SMILES string of the molecule is COc1ccc(O/C(=C\OC=O)C(=O)O)cc1F. The summed E-state index contributed by atoms with van der Waals surface area (Å²) in [6.07, 6.45) is 0.595. The molecule has 7 heteroatoms. The molecule has 0 spiro atoms. The first-order valence-corrected chi connectivity index (χ1v) is 4.62. The van der Waals surface area contributed by atoms with Crippen molar-refractivity contribution in [3.8, 4) is 11.5 Å². The lowest BCUT2D eigenvalue weighted by Gasteiger charge is -2.07. The van der Waals surface area contributed by atoms with Crippen LogP contribution in [0.3, 0.4) is 0 Å². The normalized spacial score (nSPS) is 10.7. The number of carbonyl (C=O) groups is 2. The summed E-state index contributed by atoms with van der Waals surface area (Å²) in [5.74, 6) is -2.92. The van der Waals surface area contributed by atoms with Gasteiger partial charge in [0.2, 0.25) is 5.76 Å². The molecule has 0 aliphatic heterocycles. The summed E-state index contributed by atoms with van der Waals surface area (Å²) in [7, 11) is 1.29. The number of benzene rings is 1. The van der Waals surface area contributed by atoms with Gasteiger partial charge < -0.3 is 19.3 Å². The highest BCUT2D eigenvalue weighted by Crippen LogP contribution is 2.23. The third kappa shape index (κ3) is 3.48. The average Bonchev–Trinajstić information content (AvgIpc) is 2.34. The minimum absolute atomic E-state index is 0.00709. The maximum Gasteiger partial charge on any atom is 0.375 e. The molecule has 0 aromatic heterocycles. The second-order valence-electron chi connectivity index (χ2n) is 2.92. The number of carboxylic acid groups (broad SMARTS) is 1. The van der Waals surface area contributed by atoms with Crippen LogP contribution < -0.4 is 9.47 Å². The maximum atomic E-state index is 13.3. The molecule has 0 unspecified atom stereocenters. The number of rotatable bonds is 6. The van der Waals surface area contributed by atoms with Crippen LogP contribution in [0.1, 0.15) is 0 Å². The van der Waals surface area contributed by atoms with E-state index in [9.17, 15) is 14.0 Å². The highest BCUT2D eigenvalue weighted by molar-refractivity contribution is 5.84. The molecule has 6 nitrogen and oxygen atoms in total. The standard InChI is InChI=1S/C11H9FO6/c1-16-9-3-2-7(4-8(9)12)18-10(11(14)15)5-17-6-13/h2-6H,1H3,(H,14,15)/b10-5-. The number of hydrogen-bond donors (Lipinski definition) is 1. The van der Waals surface area contributed by atoms with Gasteiger partial charge in [0.25, 0.3) is 6.47 Å². The van der Waals surface area contributed by atoms with E-state index < -0.39 is 17.5 Å². The molecular weight excluding hydrogens is 247 g/mol. The minimum Gasteiger partial charge on any atom is -0.494 e. The van der Waals surface area contributed by atoms with E-state index in [-0.39, 0.29) is 18.0 Å². The van der Waals surface area contributed by atoms with Gasteiger partial charge in [0, 0.05) is 6.07 Å². The molecule has 0 bridgehead atoms. The van der Waals surface area contributed by atoms with Crippen LogP contribution in [0.15, 0.2) is 30.2 Å². The topological polar surface area (TPSA) is 82.1 Å². The van der Waals surface area contributed by atoms with E-state index in [4.69, 9.17) is 9.84 Å². The second kappa shape index (κ2) is 6.24. The molecule has 0 radical (unpaired) electrons. The van der Waals surface area contributed by atoms with Gasteiger partial charge in [-0.1, -0.05) is 0 Å². The molecular formula is C11H9FO6. The molecule has 0 aliphatic rings. The zero-order valence-electron chi connectivity index (χ0n) is 9.25. The van der Waals surface area contributed by atoms with E-state index in [1.54, 1.807) is 0 Å². The van der Waals surface area contributed by atoms with Crippen LogP contribution in [0.25, 0.3) is 0 Å². The number of carbonyl (C=O) groups excluding carboxylic acids is 1. The fourth-order valence-corrected chi connectivity index (χ4v) is 1.05. The number of hydrogen-bond acceptors (Lipinski definition) is 5. The van der Waals surface area contributed by atoms with Crippen molar-refractivity contribution in [3.63, 3.8) is 0 Å². The second-order valence-corrected chi connectivity index (χ2v) is 2.92. The highest BCUT2D eigenvalue weighted by Gasteiger charge is 2.12. The van der Waals surface area contributed by atoms with E-state index in [0.29, 0.717) is 6.26 Å². The Morgan fingerprint density at radius 3 is 2.67 bits per heavy atom. The van der Waals surface area contributed by atoms with Crippen molar-refractivity contribution in [1.82, 2.24) is 0 Å². The van der Waals surface area contributed by atoms with Crippen molar-refractivity contribution in [2.45, 2.75) is 0 Å². The summed E-state index contributed by atoms with van der Waals surface area (Å²) >= 11 is 0. The van der Waals surface area contributed by atoms with Crippen LogP contribution in [-0.4, -0.2) is 24.7 Å². The number of halogens is 1. The Balaban J connectivity index is 2.91. The maximum absolute atomic E-state index is 13.3. The lowest BCUT2D eigenvalue weighted by atomic mass is 10.3. The molecule has 0 heterocycles. The zero-order valence-corrected chi connectivity index (χ0v) is 9.25. The molecule has 0 aliphatic carbocycles. The number of aliphatic carboxylic acids is 1. The van der Waals surface area contributed by atoms with E-state index in [0.717, 1.165) is 6.07 Å². The predicted molar refractivity (Wildman–Crippen MR) is 56.4 cm³/mol. The van der Waals surface area contributed by atoms with Gasteiger partial charge in [-0.2, -0.15) is 0 Å². The molecule has 0 fully saturated rings. The summed E-state index contributed by atoms with van der Waals surface area (Å²) < 4.78 is 27.0. The van der Waals surface area contributed by atoms with Crippen molar-refractivity contribution in [1.29, 1.82) is 0 Å². The summed E-state index contributed by atoms with van der Waals surface area (Å²) in [5, 5.41) is 8.72. The van der Waals surface area contributed by atoms with Gasteiger partial charge >= 0.3 is 5.97 Å². The highest BCUT2D eigenvalue weighted by atomic mass is 19.1. The number of ether oxygens (including phenoxy) is 3. The predicted octanol–water partition coefficient (Wildman–Crippen LogP) is 1.31. The molecule has 96 valence electrons. The Kier molecular flexibility index (Phi) is 4.67. The molecule has 18 heavy (non-hydrogen) atoms. The van der Waals surface area contributed by atoms with Gasteiger partial charge in [0.05, 0.1) is 7.11 Å². The van der Waals surface area contributed by atoms with Gasteiger partial charge in [0.1, 0.15) is 12.0 Å². The lowest BCUT2D eigenvalue weighted by Crippen LogP contribution is -2.08. The molecule has 0 amide bonds. The molecule has 1 aromatic rings. The van der Waals surface area contributed by atoms with Crippen molar-refractivity contribution in [3.05, 3.63) is 36.0 Å². The fraction of sp³-hybridized carbons (Fsp3) is 0.0909. The van der Waals surface area contributed by atoms with E-state index in [2.05, 4.69) is 9.47 Å². The van der Waals surface area contributed by atoms with Gasteiger partial charge in [-0.3, -0.25) is 4.79 Å². The Hall–Kier alpha value is -2.57. The van der Waals surface area contributed by atoms with Crippen LogP contribution >= 0.6 is 0 Å². The summed E-state index contributed by atoms with van der Waals surface area (Å²) in [5.41, 5.74) is 0. The Morgan fingerprint density at radius 1 is 1.44 bits per heavy atom. The number of carboxylic acids is 1. The van der Waals surface area contributed by atoms with Crippen molar-refractivity contribution < 1.29 is 33.3 Å². The minimum atomic E-state index is -1.46. The smallest absolute Gasteiger partial charge is 0.375 e. The Labute approximate surface area is 101 Å². The molecule has 0 saturated carbocycles. The average molecular weight is 256 g/mol. The van der Waals surface area contributed by atoms with Gasteiger partial charge in [0.15, 0.2) is 11.6 Å². The van der Waals surface area contributed by atoms with Crippen LogP contribution in [0.4, 0.5) is 4.39 Å². The first-order chi connectivity index (χ1) is 8.58. The monoisotopic (exact) mass is 256 g/mol. The van der Waals surface area contributed by atoms with Gasteiger partial charge in [-0.25, -0.2) is 9.18 Å². The summed E-state index contributed by atoms with van der Waals surface area (Å²) in [6.45, 7) is 0.0287. The van der Waals surface area contributed by atoms with Crippen LogP contribution in [0.2, 0.25) is 0 Å². The first-order valence-electron chi connectivity index (χ1n) is 4.62. The molecule has 1 rings (SSSR count). The van der Waals surface area contributed by atoms with Crippen molar-refractivity contribution >= 4 is 12.4 Å². The largest absolute Gasteiger partial charge is 0.494 e. The third-order valence-electron chi connectivity index (χ3n) is 1.79. The summed E-state index contributed by atoms with van der Waals surface area (Å²) in [6, 6.07) is 3.51. The van der Waals surface area contributed by atoms with Crippen molar-refractivity contribution in [2.24, 2.45) is 0 Å². The van der Waals surface area contributed by atoms with Gasteiger partial charge in [-0.15, -0.1) is 0 Å². The molecule has 1 N–H and O–H groups in total. The Morgan fingerprint density at radius 2 is 2.17 bits per heavy atom. The van der Waals surface area contributed by atoms with Crippen LogP contribution in [0.5, 0.6) is 11.5 Å². The Bertz CT molecular complexity index is 482. The van der Waals surface area contributed by atoms with Crippen LogP contribution in [-0.2, 0) is 14.3 Å². The first kappa shape index (κ1) is 13.5. The molecule has 1 aromatic carbocycles. The van der Waals surface area contributed by atoms with E-state index in [1.165, 1.54) is 19.2 Å². The third-order valence-corrected chi connectivity index (χ3v) is 1.79. The van der Waals surface area contributed by atoms with E-state index >= 15 is 0 Å². The molecule has 0 atom stereocenters. The molecule has 0 saturated heterocycles. The number of methoxy groups -OCH3 is 1.